The standard InChI is InChI=1S/C21H23N3O4/c25-19(23-21-9-13-6-14(10-21)8-15(7-13)11-21)12-28-18-4-3-17(24(26)27)16-2-1-5-22-20(16)18/h1-5,13-15H,6-12H2,(H,23,25). The molecule has 1 heterocycles. The number of non-ortho nitro benzene ring substituents is 1. The van der Waals surface area contributed by atoms with E-state index in [4.69, 9.17) is 4.74 Å². The molecule has 1 N–H and O–H groups in total. The van der Waals surface area contributed by atoms with Gasteiger partial charge in [0.2, 0.25) is 0 Å². The Morgan fingerprint density at radius 1 is 1.18 bits per heavy atom. The molecule has 4 bridgehead atoms. The van der Waals surface area contributed by atoms with Gasteiger partial charge in [-0.3, -0.25) is 19.9 Å². The molecule has 1 amide bonds. The number of carbonyl (C=O) groups excluding carboxylic acids is 1. The molecule has 28 heavy (non-hydrogen) atoms. The molecule has 146 valence electrons. The molecule has 0 unspecified atom stereocenters. The van der Waals surface area contributed by atoms with Crippen molar-refractivity contribution in [3.8, 4) is 5.75 Å². The Hall–Kier alpha value is -2.70. The van der Waals surface area contributed by atoms with Crippen molar-refractivity contribution < 1.29 is 14.5 Å². The first-order chi connectivity index (χ1) is 13.5. The van der Waals surface area contributed by atoms with E-state index in [1.165, 1.54) is 31.4 Å². The topological polar surface area (TPSA) is 94.4 Å². The summed E-state index contributed by atoms with van der Waals surface area (Å²) in [5, 5.41) is 14.9. The van der Waals surface area contributed by atoms with Crippen LogP contribution in [0.5, 0.6) is 5.75 Å². The van der Waals surface area contributed by atoms with Gasteiger partial charge in [-0.05, 0) is 74.5 Å². The molecule has 4 fully saturated rings. The summed E-state index contributed by atoms with van der Waals surface area (Å²) in [5.41, 5.74) is 0.332. The second-order valence-electron chi connectivity index (χ2n) is 8.77. The summed E-state index contributed by atoms with van der Waals surface area (Å²) in [5.74, 6) is 2.55. The van der Waals surface area contributed by atoms with Crippen LogP contribution >= 0.6 is 0 Å². The third-order valence-corrected chi connectivity index (χ3v) is 6.71. The van der Waals surface area contributed by atoms with Gasteiger partial charge >= 0.3 is 0 Å². The number of nitro benzene ring substituents is 1. The van der Waals surface area contributed by atoms with E-state index >= 15 is 0 Å². The number of nitrogens with zero attached hydrogens (tertiary/aromatic N) is 2. The molecule has 0 atom stereocenters. The Kier molecular flexibility index (Phi) is 4.00. The lowest BCUT2D eigenvalue weighted by Gasteiger charge is -2.56. The summed E-state index contributed by atoms with van der Waals surface area (Å²) in [6.45, 7) is -0.106. The number of nitro groups is 1. The lowest BCUT2D eigenvalue weighted by Crippen LogP contribution is -2.60. The molecule has 6 rings (SSSR count). The van der Waals surface area contributed by atoms with E-state index in [-0.39, 0.29) is 23.7 Å². The summed E-state index contributed by atoms with van der Waals surface area (Å²) in [4.78, 5) is 27.6. The molecular formula is C21H23N3O4. The summed E-state index contributed by atoms with van der Waals surface area (Å²) >= 11 is 0. The van der Waals surface area contributed by atoms with Gasteiger partial charge in [-0.2, -0.15) is 0 Å². The van der Waals surface area contributed by atoms with Crippen molar-refractivity contribution in [2.45, 2.75) is 44.1 Å². The van der Waals surface area contributed by atoms with Gasteiger partial charge < -0.3 is 10.1 Å². The van der Waals surface area contributed by atoms with Crippen molar-refractivity contribution in [2.24, 2.45) is 17.8 Å². The molecule has 1 aromatic carbocycles. The van der Waals surface area contributed by atoms with Crippen LogP contribution < -0.4 is 10.1 Å². The highest BCUT2D eigenvalue weighted by atomic mass is 16.6. The zero-order valence-corrected chi connectivity index (χ0v) is 15.6. The van der Waals surface area contributed by atoms with Crippen LogP contribution in [0.2, 0.25) is 0 Å². The number of ether oxygens (including phenoxy) is 1. The number of hydrogen-bond acceptors (Lipinski definition) is 5. The lowest BCUT2D eigenvalue weighted by molar-refractivity contribution is -0.383. The average molecular weight is 381 g/mol. The molecule has 4 aliphatic rings. The van der Waals surface area contributed by atoms with E-state index in [0.717, 1.165) is 37.0 Å². The maximum atomic E-state index is 12.6. The third-order valence-electron chi connectivity index (χ3n) is 6.71. The number of nitrogens with one attached hydrogen (secondary N) is 1. The number of aromatic nitrogens is 1. The number of benzene rings is 1. The normalized spacial score (nSPS) is 30.4. The van der Waals surface area contributed by atoms with Crippen LogP contribution in [-0.2, 0) is 4.79 Å². The lowest BCUT2D eigenvalue weighted by atomic mass is 9.53. The molecule has 2 aromatic rings. The highest BCUT2D eigenvalue weighted by Gasteiger charge is 2.51. The maximum Gasteiger partial charge on any atom is 0.279 e. The smallest absolute Gasteiger partial charge is 0.279 e. The number of pyridine rings is 1. The van der Waals surface area contributed by atoms with Crippen molar-refractivity contribution in [1.82, 2.24) is 10.3 Å². The van der Waals surface area contributed by atoms with Crippen LogP contribution in [0.25, 0.3) is 10.9 Å². The summed E-state index contributed by atoms with van der Waals surface area (Å²) in [6, 6.07) is 6.21. The molecule has 1 aromatic heterocycles. The van der Waals surface area contributed by atoms with Crippen LogP contribution in [0.4, 0.5) is 5.69 Å². The highest BCUT2D eigenvalue weighted by molar-refractivity contribution is 5.92. The molecular weight excluding hydrogens is 358 g/mol. The van der Waals surface area contributed by atoms with Crippen LogP contribution in [0, 0.1) is 27.9 Å². The Bertz CT molecular complexity index is 923. The Labute approximate surface area is 162 Å². The monoisotopic (exact) mass is 381 g/mol. The first-order valence-electron chi connectivity index (χ1n) is 9.97. The van der Waals surface area contributed by atoms with Gasteiger partial charge in [0.15, 0.2) is 6.61 Å². The molecule has 0 spiro atoms. The van der Waals surface area contributed by atoms with Crippen LogP contribution in [-0.4, -0.2) is 28.0 Å². The second kappa shape index (κ2) is 6.43. The predicted molar refractivity (Wildman–Crippen MR) is 103 cm³/mol. The van der Waals surface area contributed by atoms with Gasteiger partial charge in [-0.25, -0.2) is 0 Å². The molecule has 7 heteroatoms. The first-order valence-corrected chi connectivity index (χ1v) is 9.97. The fourth-order valence-corrected chi connectivity index (χ4v) is 6.15. The van der Waals surface area contributed by atoms with Gasteiger partial charge in [0.25, 0.3) is 11.6 Å². The van der Waals surface area contributed by atoms with Gasteiger partial charge in [0.1, 0.15) is 11.3 Å². The molecule has 4 saturated carbocycles. The predicted octanol–water partition coefficient (Wildman–Crippen LogP) is 3.61. The zero-order chi connectivity index (χ0) is 19.3. The van der Waals surface area contributed by atoms with E-state index in [1.54, 1.807) is 18.3 Å². The third kappa shape index (κ3) is 2.99. The Balaban J connectivity index is 1.30. The van der Waals surface area contributed by atoms with E-state index in [2.05, 4.69) is 10.3 Å². The first kappa shape index (κ1) is 17.4. The van der Waals surface area contributed by atoms with Crippen molar-refractivity contribution >= 4 is 22.5 Å². The van der Waals surface area contributed by atoms with Crippen LogP contribution in [0.15, 0.2) is 30.5 Å². The van der Waals surface area contributed by atoms with Crippen molar-refractivity contribution in [1.29, 1.82) is 0 Å². The minimum Gasteiger partial charge on any atom is -0.481 e. The number of hydrogen-bond donors (Lipinski definition) is 1. The number of rotatable bonds is 5. The Morgan fingerprint density at radius 2 is 1.86 bits per heavy atom. The molecule has 7 nitrogen and oxygen atoms in total. The van der Waals surface area contributed by atoms with E-state index in [9.17, 15) is 14.9 Å². The van der Waals surface area contributed by atoms with E-state index in [0.29, 0.717) is 16.7 Å². The minimum absolute atomic E-state index is 0.0199. The largest absolute Gasteiger partial charge is 0.481 e. The molecule has 4 aliphatic carbocycles. The number of carbonyl (C=O) groups is 1. The summed E-state index contributed by atoms with van der Waals surface area (Å²) in [6.07, 6.45) is 8.81. The fraction of sp³-hybridized carbons (Fsp3) is 0.524. The fourth-order valence-electron chi connectivity index (χ4n) is 6.15. The molecule has 0 aliphatic heterocycles. The Morgan fingerprint density at radius 3 is 2.50 bits per heavy atom. The van der Waals surface area contributed by atoms with Crippen molar-refractivity contribution in [3.63, 3.8) is 0 Å². The SMILES string of the molecule is O=C(COc1ccc([N+](=O)[O-])c2cccnc12)NC12CC3CC(CC(C3)C1)C2. The van der Waals surface area contributed by atoms with E-state index < -0.39 is 4.92 Å². The summed E-state index contributed by atoms with van der Waals surface area (Å²) < 4.78 is 5.73. The molecule has 0 saturated heterocycles. The average Bonchev–Trinajstić information content (AvgIpc) is 2.64. The van der Waals surface area contributed by atoms with Gasteiger partial charge in [-0.1, -0.05) is 0 Å². The van der Waals surface area contributed by atoms with Crippen molar-refractivity contribution in [3.05, 3.63) is 40.6 Å². The number of amides is 1. The zero-order valence-electron chi connectivity index (χ0n) is 15.6. The maximum absolute atomic E-state index is 12.6. The highest BCUT2D eigenvalue weighted by Crippen LogP contribution is 2.55. The molecule has 0 radical (unpaired) electrons. The van der Waals surface area contributed by atoms with Gasteiger partial charge in [0.05, 0.1) is 10.3 Å². The van der Waals surface area contributed by atoms with Gasteiger partial charge in [-0.15, -0.1) is 0 Å². The van der Waals surface area contributed by atoms with Gasteiger partial charge in [0, 0.05) is 17.8 Å². The van der Waals surface area contributed by atoms with Crippen LogP contribution in [0.1, 0.15) is 38.5 Å². The second-order valence-corrected chi connectivity index (χ2v) is 8.77. The van der Waals surface area contributed by atoms with E-state index in [1.807, 2.05) is 0 Å². The van der Waals surface area contributed by atoms with Crippen LogP contribution in [0.3, 0.4) is 0 Å². The van der Waals surface area contributed by atoms with Crippen molar-refractivity contribution in [2.75, 3.05) is 6.61 Å². The quantitative estimate of drug-likeness (QED) is 0.631. The summed E-state index contributed by atoms with van der Waals surface area (Å²) in [7, 11) is 0. The minimum atomic E-state index is -0.437. The number of fused-ring (bicyclic) bond motifs is 1.